The maximum Gasteiger partial charge on any atom is 2.00 e. The number of nitrogens with zero attached hydrogens (tertiary/aromatic N) is 2. The predicted molar refractivity (Wildman–Crippen MR) is 23.8 cm³/mol. The van der Waals surface area contributed by atoms with Gasteiger partial charge in [0.15, 0.2) is 0 Å². The first-order valence-electron chi connectivity index (χ1n) is 0.365. The third kappa shape index (κ3) is 7940. The molecule has 6 heteroatoms. The maximum atomic E-state index is 7.25. The van der Waals surface area contributed by atoms with Crippen molar-refractivity contribution in [2.75, 3.05) is 0 Å². The van der Waals surface area contributed by atoms with Crippen molar-refractivity contribution >= 4 is 13.5 Å². The summed E-state index contributed by atoms with van der Waals surface area (Å²) < 4.78 is 0. The molecule has 0 bridgehead atoms. The van der Waals surface area contributed by atoms with E-state index in [0.717, 1.165) is 0 Å². The second kappa shape index (κ2) is 17400. The SMILES string of the molecule is S.[Fe+2].[N-]=O.[N-]=O. The Balaban J connectivity index is -0.00000000500. The minimum Gasteiger partial charge on any atom is -0.577 e. The van der Waals surface area contributed by atoms with Gasteiger partial charge in [-0.15, -0.1) is 0 Å². The molecule has 38 valence electrons. The molecule has 4 nitrogen and oxygen atoms in total. The number of hydrogen-bond acceptors (Lipinski definition) is 2. The third-order valence-electron chi connectivity index (χ3n) is 0. The maximum absolute atomic E-state index is 7.25. The zero-order valence-electron chi connectivity index (χ0n) is 2.56. The summed E-state index contributed by atoms with van der Waals surface area (Å²) in [5.74, 6) is 0. The van der Waals surface area contributed by atoms with E-state index in [9.17, 15) is 0 Å². The topological polar surface area (TPSA) is 78.7 Å². The molecule has 0 heterocycles. The van der Waals surface area contributed by atoms with Crippen molar-refractivity contribution in [3.63, 3.8) is 0 Å². The van der Waals surface area contributed by atoms with Crippen LogP contribution in [0.15, 0.2) is 0 Å². The molecule has 0 atom stereocenters. The molecule has 0 spiro atoms. The minimum atomic E-state index is 0. The summed E-state index contributed by atoms with van der Waals surface area (Å²) in [6, 6.07) is 0. The van der Waals surface area contributed by atoms with Gasteiger partial charge in [-0.2, -0.15) is 13.5 Å². The van der Waals surface area contributed by atoms with Crippen LogP contribution >= 0.6 is 13.5 Å². The van der Waals surface area contributed by atoms with Crippen LogP contribution in [0.1, 0.15) is 0 Å². The molecule has 0 N–H and O–H groups in total. The molecule has 0 aliphatic rings. The monoisotopic (exact) mass is 150 g/mol. The molecule has 0 unspecified atom stereocenters. The standard InChI is InChI=1S/Fe.2NO.H2S/c;2*1-2;/h;;;1H2/q+2;2*-1;. The van der Waals surface area contributed by atoms with Crippen molar-refractivity contribution in [1.82, 2.24) is 0 Å². The molecule has 0 fully saturated rings. The van der Waals surface area contributed by atoms with E-state index in [2.05, 4.69) is 0 Å². The van der Waals surface area contributed by atoms with Gasteiger partial charge in [-0.05, 0) is 0 Å². The van der Waals surface area contributed by atoms with Crippen LogP contribution in [0.4, 0.5) is 0 Å². The summed E-state index contributed by atoms with van der Waals surface area (Å²) in [6.45, 7) is 0. The molecule has 0 amide bonds. The van der Waals surface area contributed by atoms with Crippen LogP contribution < -0.4 is 0 Å². The first-order valence-corrected chi connectivity index (χ1v) is 0.365. The van der Waals surface area contributed by atoms with Crippen molar-refractivity contribution in [1.29, 1.82) is 0 Å². The zero-order valence-corrected chi connectivity index (χ0v) is 4.67. The fraction of sp³-hybridized carbons (Fsp3) is 0. The van der Waals surface area contributed by atoms with E-state index in [1.54, 1.807) is 0 Å². The van der Waals surface area contributed by atoms with Gasteiger partial charge in [0.1, 0.15) is 0 Å². The van der Waals surface area contributed by atoms with Crippen molar-refractivity contribution in [3.8, 4) is 0 Å². The molecule has 0 aromatic rings. The molecule has 0 aliphatic heterocycles. The summed E-state index contributed by atoms with van der Waals surface area (Å²) in [5, 5.41) is 0. The first kappa shape index (κ1) is 36.4. The Bertz CT molecular complexity index is 13.5. The van der Waals surface area contributed by atoms with Crippen LogP contribution in [0.25, 0.3) is 11.2 Å². The van der Waals surface area contributed by atoms with E-state index >= 15 is 0 Å². The van der Waals surface area contributed by atoms with Crippen molar-refractivity contribution in [3.05, 3.63) is 21.0 Å². The molecule has 0 aromatic heterocycles. The van der Waals surface area contributed by atoms with E-state index in [1.807, 2.05) is 0 Å². The second-order valence-electron chi connectivity index (χ2n) is 0. The van der Waals surface area contributed by atoms with Crippen LogP contribution in [0, 0.1) is 9.81 Å². The van der Waals surface area contributed by atoms with Crippen molar-refractivity contribution in [2.45, 2.75) is 0 Å². The van der Waals surface area contributed by atoms with Crippen molar-refractivity contribution < 1.29 is 17.1 Å². The Labute approximate surface area is 52.1 Å². The van der Waals surface area contributed by atoms with Crippen LogP contribution in [-0.2, 0) is 17.1 Å². The average molecular weight is 150 g/mol. The predicted octanol–water partition coefficient (Wildman–Crippen LogP) is 0.755. The third-order valence-corrected chi connectivity index (χ3v) is 0. The van der Waals surface area contributed by atoms with E-state index in [0.29, 0.717) is 0 Å². The quantitative estimate of drug-likeness (QED) is 0.477. The Morgan fingerprint density at radius 1 is 0.833 bits per heavy atom. The summed E-state index contributed by atoms with van der Waals surface area (Å²) in [7, 11) is 0. The summed E-state index contributed by atoms with van der Waals surface area (Å²) in [6.07, 6.45) is 0. The van der Waals surface area contributed by atoms with E-state index in [1.165, 1.54) is 0 Å². The molecule has 6 heavy (non-hydrogen) atoms. The van der Waals surface area contributed by atoms with Gasteiger partial charge in [0.2, 0.25) is 0 Å². The van der Waals surface area contributed by atoms with Gasteiger partial charge in [0.05, 0.1) is 0 Å². The fourth-order valence-electron chi connectivity index (χ4n) is 0. The van der Waals surface area contributed by atoms with Crippen molar-refractivity contribution in [2.24, 2.45) is 0 Å². The molecule has 0 saturated carbocycles. The van der Waals surface area contributed by atoms with Crippen LogP contribution in [0.5, 0.6) is 0 Å². The number of nitroso groups, excluding NO2 is 2. The molecular formula is H2FeN2O2S. The van der Waals surface area contributed by atoms with E-state index in [4.69, 9.17) is 21.0 Å². The van der Waals surface area contributed by atoms with Gasteiger partial charge < -0.3 is 21.0 Å². The van der Waals surface area contributed by atoms with Crippen LogP contribution in [-0.4, -0.2) is 0 Å². The molecule has 0 radical (unpaired) electrons. The Hall–Kier alpha value is 0.0695. The zero-order chi connectivity index (χ0) is 4.00. The van der Waals surface area contributed by atoms with Gasteiger partial charge in [-0.1, -0.05) is 0 Å². The summed E-state index contributed by atoms with van der Waals surface area (Å²) in [4.78, 5) is 14.5. The summed E-state index contributed by atoms with van der Waals surface area (Å²) >= 11 is 0. The molecule has 0 aromatic carbocycles. The minimum absolute atomic E-state index is 0. The largest absolute Gasteiger partial charge is 2.00 e. The second-order valence-corrected chi connectivity index (χ2v) is 0. The smallest absolute Gasteiger partial charge is 0.577 e. The normalized spacial score (nSPS) is 1.33. The molecule has 0 rings (SSSR count). The Morgan fingerprint density at radius 2 is 0.833 bits per heavy atom. The van der Waals surface area contributed by atoms with Gasteiger partial charge >= 0.3 is 17.1 Å². The van der Waals surface area contributed by atoms with Gasteiger partial charge in [0, 0.05) is 0 Å². The van der Waals surface area contributed by atoms with Gasteiger partial charge in [-0.25, -0.2) is 0 Å². The Kier molecular flexibility index (Phi) is 106000. The molecular weight excluding hydrogens is 148 g/mol. The van der Waals surface area contributed by atoms with Crippen LogP contribution in [0.2, 0.25) is 0 Å². The van der Waals surface area contributed by atoms with Crippen LogP contribution in [0.3, 0.4) is 0 Å². The average Bonchev–Trinajstić information content (AvgIpc) is 1.50. The van der Waals surface area contributed by atoms with E-state index in [-0.39, 0.29) is 30.6 Å². The van der Waals surface area contributed by atoms with Gasteiger partial charge in [0.25, 0.3) is 0 Å². The first-order chi connectivity index (χ1) is 2.00. The number of hydrogen-bond donors (Lipinski definition) is 0. The fourth-order valence-corrected chi connectivity index (χ4v) is 0. The van der Waals surface area contributed by atoms with Gasteiger partial charge in [-0.3, -0.25) is 0 Å². The molecule has 0 saturated heterocycles. The van der Waals surface area contributed by atoms with E-state index < -0.39 is 0 Å². The Morgan fingerprint density at radius 3 is 0.833 bits per heavy atom. The number of rotatable bonds is 0. The molecule has 0 aliphatic carbocycles. The summed E-state index contributed by atoms with van der Waals surface area (Å²) in [5.41, 5.74) is 11.5.